The second-order valence-corrected chi connectivity index (χ2v) is 7.59. The average Bonchev–Trinajstić information content (AvgIpc) is 2.61. The number of nitrogens with one attached hydrogen (secondary N) is 1. The van der Waals surface area contributed by atoms with E-state index in [9.17, 15) is 4.79 Å². The number of carbonyl (C=O) groups excluding carboxylic acids is 1. The molecule has 2 aliphatic rings. The molecule has 0 radical (unpaired) electrons. The molecule has 2 rings (SSSR count). The quantitative estimate of drug-likeness (QED) is 0.334. The number of likely N-dealkylation sites (tertiary alicyclic amines) is 2. The summed E-state index contributed by atoms with van der Waals surface area (Å²) in [7, 11) is 1.86. The van der Waals surface area contributed by atoms with E-state index in [1.807, 2.05) is 7.05 Å². The van der Waals surface area contributed by atoms with E-state index in [-0.39, 0.29) is 29.9 Å². The molecule has 2 aliphatic heterocycles. The van der Waals surface area contributed by atoms with E-state index in [1.54, 1.807) is 0 Å². The predicted octanol–water partition coefficient (Wildman–Crippen LogP) is 2.42. The number of primary amides is 1. The molecule has 26 heavy (non-hydrogen) atoms. The van der Waals surface area contributed by atoms with E-state index in [1.165, 1.54) is 45.2 Å². The molecule has 0 bridgehead atoms. The Labute approximate surface area is 176 Å². The van der Waals surface area contributed by atoms with Gasteiger partial charge in [0.25, 0.3) is 0 Å². The zero-order valence-electron chi connectivity index (χ0n) is 16.6. The standard InChI is InChI=1S/C19H37N5O.HI/c1-3-4-10-23-11-6-5-9-17(23)14-22-19(21-2)24-12-7-8-16(15-24)13-18(20)25;/h16-17H,3-15H2,1-2H3,(H2,20,25)(H,21,22);1H. The number of piperidine rings is 2. The summed E-state index contributed by atoms with van der Waals surface area (Å²) in [5.41, 5.74) is 5.38. The first kappa shape index (κ1) is 23.5. The summed E-state index contributed by atoms with van der Waals surface area (Å²) in [6, 6.07) is 0.614. The van der Waals surface area contributed by atoms with Gasteiger partial charge in [-0.2, -0.15) is 0 Å². The summed E-state index contributed by atoms with van der Waals surface area (Å²) in [6.45, 7) is 7.57. The van der Waals surface area contributed by atoms with Gasteiger partial charge in [0.2, 0.25) is 5.91 Å². The lowest BCUT2D eigenvalue weighted by Gasteiger charge is -2.38. The molecule has 0 aliphatic carbocycles. The van der Waals surface area contributed by atoms with Gasteiger partial charge in [-0.1, -0.05) is 19.8 Å². The minimum Gasteiger partial charge on any atom is -0.370 e. The van der Waals surface area contributed by atoms with Crippen LogP contribution in [0.2, 0.25) is 0 Å². The van der Waals surface area contributed by atoms with E-state index in [0.29, 0.717) is 18.4 Å². The molecular weight excluding hydrogens is 441 g/mol. The number of hydrogen-bond donors (Lipinski definition) is 2. The Kier molecular flexibility index (Phi) is 11.5. The Bertz CT molecular complexity index is 446. The number of halogens is 1. The molecule has 6 nitrogen and oxygen atoms in total. The minimum atomic E-state index is -0.191. The van der Waals surface area contributed by atoms with Gasteiger partial charge in [0.15, 0.2) is 5.96 Å². The zero-order chi connectivity index (χ0) is 18.1. The minimum absolute atomic E-state index is 0. The normalized spacial score (nSPS) is 24.8. The fourth-order valence-corrected chi connectivity index (χ4v) is 4.20. The van der Waals surface area contributed by atoms with Crippen LogP contribution in [0.3, 0.4) is 0 Å². The van der Waals surface area contributed by atoms with Crippen molar-refractivity contribution in [2.24, 2.45) is 16.6 Å². The van der Waals surface area contributed by atoms with Crippen molar-refractivity contribution < 1.29 is 4.79 Å². The third kappa shape index (κ3) is 7.58. The van der Waals surface area contributed by atoms with Crippen molar-refractivity contribution in [2.75, 3.05) is 39.8 Å². The third-order valence-electron chi connectivity index (χ3n) is 5.56. The number of rotatable bonds is 7. The number of hydrogen-bond acceptors (Lipinski definition) is 3. The topological polar surface area (TPSA) is 74.0 Å². The van der Waals surface area contributed by atoms with Crippen molar-refractivity contribution in [3.05, 3.63) is 0 Å². The second-order valence-electron chi connectivity index (χ2n) is 7.59. The Morgan fingerprint density at radius 2 is 2.04 bits per heavy atom. The molecule has 1 amide bonds. The molecule has 152 valence electrons. The Morgan fingerprint density at radius 3 is 2.73 bits per heavy atom. The van der Waals surface area contributed by atoms with E-state index < -0.39 is 0 Å². The molecule has 3 N–H and O–H groups in total. The highest BCUT2D eigenvalue weighted by molar-refractivity contribution is 14.0. The lowest BCUT2D eigenvalue weighted by Crippen LogP contribution is -2.52. The van der Waals surface area contributed by atoms with Gasteiger partial charge in [-0.25, -0.2) is 0 Å². The largest absolute Gasteiger partial charge is 0.370 e. The van der Waals surface area contributed by atoms with Gasteiger partial charge in [-0.15, -0.1) is 24.0 Å². The number of nitrogens with zero attached hydrogens (tertiary/aromatic N) is 3. The van der Waals surface area contributed by atoms with Gasteiger partial charge in [0.1, 0.15) is 0 Å². The molecule has 7 heteroatoms. The van der Waals surface area contributed by atoms with Gasteiger partial charge >= 0.3 is 0 Å². The molecule has 2 unspecified atom stereocenters. The number of aliphatic imine (C=N–C) groups is 1. The third-order valence-corrected chi connectivity index (χ3v) is 5.56. The maximum Gasteiger partial charge on any atom is 0.217 e. The first-order valence-electron chi connectivity index (χ1n) is 10.1. The van der Waals surface area contributed by atoms with Crippen molar-refractivity contribution >= 4 is 35.8 Å². The van der Waals surface area contributed by atoms with Crippen LogP contribution >= 0.6 is 24.0 Å². The summed E-state index contributed by atoms with van der Waals surface area (Å²) in [6.07, 6.45) is 9.15. The highest BCUT2D eigenvalue weighted by atomic mass is 127. The van der Waals surface area contributed by atoms with E-state index in [4.69, 9.17) is 5.73 Å². The summed E-state index contributed by atoms with van der Waals surface area (Å²) in [5, 5.41) is 3.61. The van der Waals surface area contributed by atoms with Crippen LogP contribution in [0.15, 0.2) is 4.99 Å². The fraction of sp³-hybridized carbons (Fsp3) is 0.895. The van der Waals surface area contributed by atoms with Crippen LogP contribution in [0.25, 0.3) is 0 Å². The van der Waals surface area contributed by atoms with Crippen LogP contribution in [0.4, 0.5) is 0 Å². The molecule has 2 heterocycles. The van der Waals surface area contributed by atoms with E-state index >= 15 is 0 Å². The summed E-state index contributed by atoms with van der Waals surface area (Å²) < 4.78 is 0. The SMILES string of the molecule is CCCCN1CCCCC1CNC(=NC)N1CCCC(CC(N)=O)C1.I. The van der Waals surface area contributed by atoms with Crippen LogP contribution in [-0.4, -0.2) is 67.5 Å². The fourth-order valence-electron chi connectivity index (χ4n) is 4.20. The number of carbonyl (C=O) groups is 1. The van der Waals surface area contributed by atoms with Crippen LogP contribution < -0.4 is 11.1 Å². The van der Waals surface area contributed by atoms with Crippen molar-refractivity contribution in [2.45, 2.75) is 64.3 Å². The van der Waals surface area contributed by atoms with Gasteiger partial charge in [0.05, 0.1) is 0 Å². The average molecular weight is 479 g/mol. The number of unbranched alkanes of at least 4 members (excludes halogenated alkanes) is 1. The smallest absolute Gasteiger partial charge is 0.217 e. The summed E-state index contributed by atoms with van der Waals surface area (Å²) in [5.74, 6) is 1.15. The predicted molar refractivity (Wildman–Crippen MR) is 119 cm³/mol. The van der Waals surface area contributed by atoms with Crippen LogP contribution in [0.1, 0.15) is 58.3 Å². The van der Waals surface area contributed by atoms with E-state index in [0.717, 1.165) is 38.4 Å². The maximum atomic E-state index is 11.2. The Hall–Kier alpha value is -0.570. The highest BCUT2D eigenvalue weighted by Crippen LogP contribution is 2.20. The van der Waals surface area contributed by atoms with Gasteiger partial charge < -0.3 is 16.0 Å². The molecule has 0 saturated carbocycles. The lowest BCUT2D eigenvalue weighted by molar-refractivity contribution is -0.119. The molecule has 2 saturated heterocycles. The Balaban J connectivity index is 0.00000338. The van der Waals surface area contributed by atoms with Crippen LogP contribution in [0.5, 0.6) is 0 Å². The molecule has 2 fully saturated rings. The highest BCUT2D eigenvalue weighted by Gasteiger charge is 2.25. The molecule has 0 aromatic heterocycles. The molecule has 0 spiro atoms. The lowest BCUT2D eigenvalue weighted by atomic mass is 9.95. The van der Waals surface area contributed by atoms with Gasteiger partial charge in [-0.3, -0.25) is 14.7 Å². The number of amides is 1. The van der Waals surface area contributed by atoms with Crippen molar-refractivity contribution in [1.29, 1.82) is 0 Å². The van der Waals surface area contributed by atoms with Gasteiger partial charge in [-0.05, 0) is 51.1 Å². The molecular formula is C19H38IN5O. The zero-order valence-corrected chi connectivity index (χ0v) is 18.9. The number of nitrogens with two attached hydrogens (primary N) is 1. The summed E-state index contributed by atoms with van der Waals surface area (Å²) >= 11 is 0. The summed E-state index contributed by atoms with van der Waals surface area (Å²) in [4.78, 5) is 20.7. The van der Waals surface area contributed by atoms with Crippen LogP contribution in [-0.2, 0) is 4.79 Å². The van der Waals surface area contributed by atoms with Crippen molar-refractivity contribution in [3.63, 3.8) is 0 Å². The van der Waals surface area contributed by atoms with Gasteiger partial charge in [0, 0.05) is 39.1 Å². The van der Waals surface area contributed by atoms with Crippen molar-refractivity contribution in [3.8, 4) is 0 Å². The molecule has 2 atom stereocenters. The van der Waals surface area contributed by atoms with Crippen molar-refractivity contribution in [1.82, 2.24) is 15.1 Å². The first-order valence-corrected chi connectivity index (χ1v) is 10.1. The van der Waals surface area contributed by atoms with E-state index in [2.05, 4.69) is 27.0 Å². The maximum absolute atomic E-state index is 11.2. The molecule has 0 aromatic carbocycles. The molecule has 0 aromatic rings. The monoisotopic (exact) mass is 479 g/mol. The second kappa shape index (κ2) is 12.8. The van der Waals surface area contributed by atoms with Crippen LogP contribution in [0, 0.1) is 5.92 Å². The first-order chi connectivity index (χ1) is 12.1. The number of guanidine groups is 1. The Morgan fingerprint density at radius 1 is 1.23 bits per heavy atom.